The van der Waals surface area contributed by atoms with Crippen molar-refractivity contribution in [2.24, 2.45) is 0 Å². The summed E-state index contributed by atoms with van der Waals surface area (Å²) in [6, 6.07) is 11.8. The van der Waals surface area contributed by atoms with E-state index in [1.807, 2.05) is 0 Å². The number of carbonyl (C=O) groups excluding carboxylic acids is 1. The van der Waals surface area contributed by atoms with Crippen molar-refractivity contribution in [2.75, 3.05) is 18.0 Å². The minimum atomic E-state index is -0.180. The highest BCUT2D eigenvalue weighted by Gasteiger charge is 2.11. The number of benzene rings is 1. The first-order chi connectivity index (χ1) is 10.3. The van der Waals surface area contributed by atoms with Crippen LogP contribution in [-0.4, -0.2) is 19.0 Å². The van der Waals surface area contributed by atoms with Crippen LogP contribution in [0, 0.1) is 0 Å². The molecule has 2 heterocycles. The number of hydrogen-bond acceptors (Lipinski definition) is 3. The maximum atomic E-state index is 11.8. The summed E-state index contributed by atoms with van der Waals surface area (Å²) in [5, 5.41) is 2.85. The van der Waals surface area contributed by atoms with Crippen molar-refractivity contribution in [3.05, 3.63) is 54.0 Å². The largest absolute Gasteiger partial charge is 0.459 e. The number of furan rings is 1. The van der Waals surface area contributed by atoms with E-state index in [1.165, 1.54) is 31.2 Å². The van der Waals surface area contributed by atoms with E-state index in [9.17, 15) is 4.79 Å². The molecule has 1 fully saturated rings. The molecular formula is C17H20N2O2. The summed E-state index contributed by atoms with van der Waals surface area (Å²) in [4.78, 5) is 14.2. The lowest BCUT2D eigenvalue weighted by molar-refractivity contribution is 0.0923. The number of amides is 1. The molecular weight excluding hydrogens is 264 g/mol. The van der Waals surface area contributed by atoms with Crippen molar-refractivity contribution in [3.8, 4) is 0 Å². The molecule has 4 heteroatoms. The number of piperidine rings is 1. The van der Waals surface area contributed by atoms with Crippen LogP contribution in [0.3, 0.4) is 0 Å². The van der Waals surface area contributed by atoms with Crippen LogP contribution in [0.2, 0.25) is 0 Å². The van der Waals surface area contributed by atoms with Crippen LogP contribution >= 0.6 is 0 Å². The van der Waals surface area contributed by atoms with E-state index in [0.29, 0.717) is 12.3 Å². The molecule has 0 saturated carbocycles. The zero-order chi connectivity index (χ0) is 14.5. The van der Waals surface area contributed by atoms with Gasteiger partial charge >= 0.3 is 0 Å². The Morgan fingerprint density at radius 1 is 1.10 bits per heavy atom. The Bertz CT molecular complexity index is 569. The highest BCUT2D eigenvalue weighted by molar-refractivity contribution is 5.91. The third-order valence-electron chi connectivity index (χ3n) is 3.86. The average molecular weight is 284 g/mol. The Kier molecular flexibility index (Phi) is 4.24. The highest BCUT2D eigenvalue weighted by atomic mass is 16.3. The Morgan fingerprint density at radius 3 is 2.52 bits per heavy atom. The Labute approximate surface area is 124 Å². The van der Waals surface area contributed by atoms with Gasteiger partial charge < -0.3 is 14.6 Å². The minimum Gasteiger partial charge on any atom is -0.459 e. The summed E-state index contributed by atoms with van der Waals surface area (Å²) in [5.74, 6) is 0.167. The van der Waals surface area contributed by atoms with Crippen molar-refractivity contribution in [1.82, 2.24) is 5.32 Å². The van der Waals surface area contributed by atoms with Gasteiger partial charge in [0, 0.05) is 25.3 Å². The van der Waals surface area contributed by atoms with E-state index in [-0.39, 0.29) is 5.91 Å². The zero-order valence-corrected chi connectivity index (χ0v) is 12.0. The first-order valence-corrected chi connectivity index (χ1v) is 7.48. The van der Waals surface area contributed by atoms with E-state index in [0.717, 1.165) is 18.7 Å². The second-order valence-electron chi connectivity index (χ2n) is 5.37. The third kappa shape index (κ3) is 3.45. The Hall–Kier alpha value is -2.23. The van der Waals surface area contributed by atoms with Crippen molar-refractivity contribution in [2.45, 2.75) is 25.8 Å². The molecule has 1 aromatic heterocycles. The smallest absolute Gasteiger partial charge is 0.287 e. The summed E-state index contributed by atoms with van der Waals surface area (Å²) in [6.07, 6.45) is 5.40. The monoisotopic (exact) mass is 284 g/mol. The van der Waals surface area contributed by atoms with E-state index in [1.54, 1.807) is 12.1 Å². The topological polar surface area (TPSA) is 45.5 Å². The normalized spacial score (nSPS) is 15.0. The van der Waals surface area contributed by atoms with Crippen molar-refractivity contribution in [1.29, 1.82) is 0 Å². The van der Waals surface area contributed by atoms with Gasteiger partial charge in [0.2, 0.25) is 0 Å². The molecule has 1 aromatic carbocycles. The number of anilines is 1. The van der Waals surface area contributed by atoms with Crippen molar-refractivity contribution < 1.29 is 9.21 Å². The molecule has 0 bridgehead atoms. The number of rotatable bonds is 4. The maximum absolute atomic E-state index is 11.8. The summed E-state index contributed by atoms with van der Waals surface area (Å²) >= 11 is 0. The van der Waals surface area contributed by atoms with E-state index < -0.39 is 0 Å². The van der Waals surface area contributed by atoms with Gasteiger partial charge in [0.05, 0.1) is 6.26 Å². The molecule has 3 rings (SSSR count). The Balaban J connectivity index is 1.55. The number of carbonyl (C=O) groups is 1. The van der Waals surface area contributed by atoms with Gasteiger partial charge in [0.25, 0.3) is 5.91 Å². The predicted octanol–water partition coefficient (Wildman–Crippen LogP) is 3.20. The fraction of sp³-hybridized carbons (Fsp3) is 0.353. The quantitative estimate of drug-likeness (QED) is 0.937. The standard InChI is InChI=1S/C17H20N2O2/c20-17(16-5-4-12-21-16)18-13-14-6-8-15(9-7-14)19-10-2-1-3-11-19/h4-9,12H,1-3,10-11,13H2,(H,18,20). The molecule has 0 unspecified atom stereocenters. The van der Waals surface area contributed by atoms with Gasteiger partial charge in [-0.3, -0.25) is 4.79 Å². The van der Waals surface area contributed by atoms with Crippen LogP contribution in [-0.2, 0) is 6.54 Å². The van der Waals surface area contributed by atoms with Crippen LogP contribution in [0.1, 0.15) is 35.4 Å². The van der Waals surface area contributed by atoms with Crippen molar-refractivity contribution >= 4 is 11.6 Å². The lowest BCUT2D eigenvalue weighted by atomic mass is 10.1. The molecule has 1 aliphatic rings. The molecule has 4 nitrogen and oxygen atoms in total. The molecule has 1 saturated heterocycles. The van der Waals surface area contributed by atoms with Crippen LogP contribution in [0.5, 0.6) is 0 Å². The van der Waals surface area contributed by atoms with Gasteiger partial charge in [-0.15, -0.1) is 0 Å². The average Bonchev–Trinajstić information content (AvgIpc) is 3.08. The molecule has 0 atom stereocenters. The number of hydrogen-bond donors (Lipinski definition) is 1. The predicted molar refractivity (Wildman–Crippen MR) is 82.4 cm³/mol. The summed E-state index contributed by atoms with van der Waals surface area (Å²) < 4.78 is 5.06. The number of nitrogens with one attached hydrogen (secondary N) is 1. The maximum Gasteiger partial charge on any atom is 0.287 e. The van der Waals surface area contributed by atoms with Crippen LogP contribution in [0.15, 0.2) is 47.1 Å². The van der Waals surface area contributed by atoms with Crippen LogP contribution < -0.4 is 10.2 Å². The van der Waals surface area contributed by atoms with Gasteiger partial charge in [-0.2, -0.15) is 0 Å². The first-order valence-electron chi connectivity index (χ1n) is 7.48. The minimum absolute atomic E-state index is 0.180. The van der Waals surface area contributed by atoms with Gasteiger partial charge in [0.15, 0.2) is 5.76 Å². The number of nitrogens with zero attached hydrogens (tertiary/aromatic N) is 1. The third-order valence-corrected chi connectivity index (χ3v) is 3.86. The second kappa shape index (κ2) is 6.48. The van der Waals surface area contributed by atoms with Crippen LogP contribution in [0.25, 0.3) is 0 Å². The molecule has 0 aliphatic carbocycles. The molecule has 0 radical (unpaired) electrons. The molecule has 0 spiro atoms. The van der Waals surface area contributed by atoms with E-state index >= 15 is 0 Å². The van der Waals surface area contributed by atoms with Crippen molar-refractivity contribution in [3.63, 3.8) is 0 Å². The van der Waals surface area contributed by atoms with Gasteiger partial charge in [0.1, 0.15) is 0 Å². The fourth-order valence-electron chi connectivity index (χ4n) is 2.65. The molecule has 110 valence electrons. The zero-order valence-electron chi connectivity index (χ0n) is 12.0. The van der Waals surface area contributed by atoms with Crippen LogP contribution in [0.4, 0.5) is 5.69 Å². The lowest BCUT2D eigenvalue weighted by Crippen LogP contribution is -2.29. The molecule has 2 aromatic rings. The van der Waals surface area contributed by atoms with Gasteiger partial charge in [-0.1, -0.05) is 12.1 Å². The SMILES string of the molecule is O=C(NCc1ccc(N2CCCCC2)cc1)c1ccco1. The molecule has 1 N–H and O–H groups in total. The fourth-order valence-corrected chi connectivity index (χ4v) is 2.65. The second-order valence-corrected chi connectivity index (χ2v) is 5.37. The molecule has 21 heavy (non-hydrogen) atoms. The van der Waals surface area contributed by atoms with Gasteiger partial charge in [-0.05, 0) is 49.1 Å². The van der Waals surface area contributed by atoms with Gasteiger partial charge in [-0.25, -0.2) is 0 Å². The molecule has 1 amide bonds. The first kappa shape index (κ1) is 13.7. The highest BCUT2D eigenvalue weighted by Crippen LogP contribution is 2.20. The van der Waals surface area contributed by atoms with E-state index in [2.05, 4.69) is 34.5 Å². The Morgan fingerprint density at radius 2 is 1.86 bits per heavy atom. The lowest BCUT2D eigenvalue weighted by Gasteiger charge is -2.28. The summed E-state index contributed by atoms with van der Waals surface area (Å²) in [6.45, 7) is 2.81. The summed E-state index contributed by atoms with van der Waals surface area (Å²) in [5.41, 5.74) is 2.37. The summed E-state index contributed by atoms with van der Waals surface area (Å²) in [7, 11) is 0. The molecule has 1 aliphatic heterocycles. The van der Waals surface area contributed by atoms with E-state index in [4.69, 9.17) is 4.42 Å².